The molecule has 1 atom stereocenters. The molecule has 0 fully saturated rings. The number of rotatable bonds is 4. The molecule has 1 aromatic rings. The molecule has 1 aliphatic heterocycles. The maximum atomic E-state index is 11.8. The number of aromatic nitrogens is 2. The van der Waals surface area contributed by atoms with E-state index in [0.717, 1.165) is 0 Å². The second kappa shape index (κ2) is 4.60. The normalized spacial score (nSPS) is 15.9. The van der Waals surface area contributed by atoms with Gasteiger partial charge < -0.3 is 4.74 Å². The molecule has 100 valence electrons. The second-order valence-corrected chi connectivity index (χ2v) is 6.23. The monoisotopic (exact) mass is 273 g/mol. The summed E-state index contributed by atoms with van der Waals surface area (Å²) in [7, 11) is -3.64. The first-order valence-corrected chi connectivity index (χ1v) is 7.25. The fraction of sp³-hybridized carbons (Fsp3) is 0.600. The third kappa shape index (κ3) is 2.33. The van der Waals surface area contributed by atoms with Crippen LogP contribution in [0.2, 0.25) is 0 Å². The van der Waals surface area contributed by atoms with Gasteiger partial charge in [-0.2, -0.15) is 5.10 Å². The minimum atomic E-state index is -3.64. The van der Waals surface area contributed by atoms with Crippen LogP contribution in [-0.2, 0) is 16.6 Å². The van der Waals surface area contributed by atoms with E-state index >= 15 is 0 Å². The van der Waals surface area contributed by atoms with Crippen molar-refractivity contribution < 1.29 is 17.9 Å². The summed E-state index contributed by atoms with van der Waals surface area (Å²) in [6.45, 7) is 4.38. The number of carbonyl (C=O) groups is 1. The quantitative estimate of drug-likeness (QED) is 0.842. The van der Waals surface area contributed by atoms with Gasteiger partial charge in [0.1, 0.15) is 6.61 Å². The molecule has 1 N–H and O–H groups in total. The number of fused-ring (bicyclic) bond motifs is 1. The smallest absolute Gasteiger partial charge is 0.285 e. The van der Waals surface area contributed by atoms with E-state index in [0.29, 0.717) is 25.5 Å². The van der Waals surface area contributed by atoms with Crippen LogP contribution < -0.4 is 9.46 Å². The predicted molar refractivity (Wildman–Crippen MR) is 63.9 cm³/mol. The van der Waals surface area contributed by atoms with Crippen LogP contribution in [0.25, 0.3) is 0 Å². The van der Waals surface area contributed by atoms with Crippen molar-refractivity contribution in [1.29, 1.82) is 0 Å². The minimum absolute atomic E-state index is 0.0524. The maximum absolute atomic E-state index is 11.8. The number of amides is 1. The molecule has 0 aromatic carbocycles. The van der Waals surface area contributed by atoms with Gasteiger partial charge in [0.25, 0.3) is 5.91 Å². The van der Waals surface area contributed by atoms with Gasteiger partial charge in [-0.1, -0.05) is 6.92 Å². The van der Waals surface area contributed by atoms with Gasteiger partial charge in [-0.05, 0) is 13.3 Å². The van der Waals surface area contributed by atoms with Gasteiger partial charge in [-0.15, -0.1) is 0 Å². The van der Waals surface area contributed by atoms with Gasteiger partial charge >= 0.3 is 0 Å². The molecule has 0 saturated carbocycles. The minimum Gasteiger partial charge on any atom is -0.476 e. The molecule has 1 unspecified atom stereocenters. The first-order chi connectivity index (χ1) is 8.44. The summed E-state index contributed by atoms with van der Waals surface area (Å²) >= 11 is 0. The SMILES string of the molecule is CCC(C)S(=O)(=O)NC(=O)c1cc2n(n1)CCO2. The Morgan fingerprint density at radius 3 is 3.00 bits per heavy atom. The second-order valence-electron chi connectivity index (χ2n) is 4.13. The third-order valence-electron chi connectivity index (χ3n) is 2.87. The van der Waals surface area contributed by atoms with E-state index in [1.807, 2.05) is 4.72 Å². The summed E-state index contributed by atoms with van der Waals surface area (Å²) in [4.78, 5) is 11.8. The van der Waals surface area contributed by atoms with Crippen molar-refractivity contribution in [1.82, 2.24) is 14.5 Å². The molecule has 0 saturated heterocycles. The van der Waals surface area contributed by atoms with Gasteiger partial charge in [0.05, 0.1) is 11.8 Å². The van der Waals surface area contributed by atoms with Crippen molar-refractivity contribution >= 4 is 15.9 Å². The Labute approximate surface area is 105 Å². The lowest BCUT2D eigenvalue weighted by molar-refractivity contribution is 0.0975. The Morgan fingerprint density at radius 2 is 2.39 bits per heavy atom. The van der Waals surface area contributed by atoms with Gasteiger partial charge in [-0.3, -0.25) is 4.79 Å². The molecule has 8 heteroatoms. The van der Waals surface area contributed by atoms with E-state index in [9.17, 15) is 13.2 Å². The summed E-state index contributed by atoms with van der Waals surface area (Å²) < 4.78 is 32.2. The van der Waals surface area contributed by atoms with Crippen LogP contribution in [0.15, 0.2) is 6.07 Å². The number of nitrogens with zero attached hydrogens (tertiary/aromatic N) is 2. The number of sulfonamides is 1. The molecule has 18 heavy (non-hydrogen) atoms. The lowest BCUT2D eigenvalue weighted by Gasteiger charge is -2.10. The van der Waals surface area contributed by atoms with E-state index in [2.05, 4.69) is 5.10 Å². The Balaban J connectivity index is 2.13. The highest BCUT2D eigenvalue weighted by atomic mass is 32.2. The highest BCUT2D eigenvalue weighted by Crippen LogP contribution is 2.18. The fourth-order valence-corrected chi connectivity index (χ4v) is 2.53. The van der Waals surface area contributed by atoms with E-state index in [1.54, 1.807) is 13.8 Å². The van der Waals surface area contributed by atoms with Crippen molar-refractivity contribution in [3.05, 3.63) is 11.8 Å². The lowest BCUT2D eigenvalue weighted by Crippen LogP contribution is -2.37. The highest BCUT2D eigenvalue weighted by Gasteiger charge is 2.25. The Morgan fingerprint density at radius 1 is 1.67 bits per heavy atom. The zero-order chi connectivity index (χ0) is 13.3. The summed E-state index contributed by atoms with van der Waals surface area (Å²) in [6, 6.07) is 1.44. The largest absolute Gasteiger partial charge is 0.476 e. The van der Waals surface area contributed by atoms with Crippen molar-refractivity contribution in [3.63, 3.8) is 0 Å². The molecule has 2 rings (SSSR count). The fourth-order valence-electron chi connectivity index (χ4n) is 1.53. The molecular weight excluding hydrogens is 258 g/mol. The molecule has 0 radical (unpaired) electrons. The molecule has 0 spiro atoms. The number of carbonyl (C=O) groups excluding carboxylic acids is 1. The molecule has 1 amide bonds. The predicted octanol–water partition coefficient (Wildman–Crippen LogP) is 0.134. The lowest BCUT2D eigenvalue weighted by atomic mass is 10.4. The van der Waals surface area contributed by atoms with Crippen molar-refractivity contribution in [2.24, 2.45) is 0 Å². The van der Waals surface area contributed by atoms with Gasteiger partial charge in [0.15, 0.2) is 5.69 Å². The summed E-state index contributed by atoms with van der Waals surface area (Å²) in [5.74, 6) is -0.234. The first kappa shape index (κ1) is 12.9. The number of ether oxygens (including phenoxy) is 1. The van der Waals surface area contributed by atoms with E-state index in [4.69, 9.17) is 4.74 Å². The third-order valence-corrected chi connectivity index (χ3v) is 4.73. The maximum Gasteiger partial charge on any atom is 0.285 e. The average Bonchev–Trinajstić information content (AvgIpc) is 2.86. The van der Waals surface area contributed by atoms with Crippen molar-refractivity contribution in [2.45, 2.75) is 32.1 Å². The van der Waals surface area contributed by atoms with Crippen LogP contribution in [-0.4, -0.2) is 36.0 Å². The van der Waals surface area contributed by atoms with E-state index < -0.39 is 21.2 Å². The number of hydrogen-bond donors (Lipinski definition) is 1. The summed E-state index contributed by atoms with van der Waals surface area (Å²) in [5, 5.41) is 3.36. The molecular formula is C10H15N3O4S. The molecule has 1 aromatic heterocycles. The topological polar surface area (TPSA) is 90.3 Å². The Kier molecular flexibility index (Phi) is 3.29. The zero-order valence-corrected chi connectivity index (χ0v) is 11.0. The standard InChI is InChI=1S/C10H15N3O4S/c1-3-7(2)18(15,16)12-10(14)8-6-9-13(11-8)4-5-17-9/h6-7H,3-5H2,1-2H3,(H,12,14). The summed E-state index contributed by atoms with van der Waals surface area (Å²) in [6.07, 6.45) is 0.436. The van der Waals surface area contributed by atoms with Gasteiger partial charge in [0, 0.05) is 6.07 Å². The van der Waals surface area contributed by atoms with Crippen molar-refractivity contribution in [3.8, 4) is 5.88 Å². The highest BCUT2D eigenvalue weighted by molar-refractivity contribution is 7.90. The van der Waals surface area contributed by atoms with Crippen LogP contribution >= 0.6 is 0 Å². The molecule has 7 nitrogen and oxygen atoms in total. The van der Waals surface area contributed by atoms with Crippen LogP contribution in [0.4, 0.5) is 0 Å². The van der Waals surface area contributed by atoms with Crippen LogP contribution in [0.1, 0.15) is 30.8 Å². The Hall–Kier alpha value is -1.57. The van der Waals surface area contributed by atoms with Crippen LogP contribution in [0.3, 0.4) is 0 Å². The van der Waals surface area contributed by atoms with Gasteiger partial charge in [0.2, 0.25) is 15.9 Å². The van der Waals surface area contributed by atoms with Crippen molar-refractivity contribution in [2.75, 3.05) is 6.61 Å². The summed E-state index contributed by atoms with van der Waals surface area (Å²) in [5.41, 5.74) is 0.0524. The van der Waals surface area contributed by atoms with Crippen LogP contribution in [0, 0.1) is 0 Å². The van der Waals surface area contributed by atoms with E-state index in [1.165, 1.54) is 10.7 Å². The number of nitrogens with one attached hydrogen (secondary N) is 1. The van der Waals surface area contributed by atoms with Crippen LogP contribution in [0.5, 0.6) is 5.88 Å². The molecule has 1 aliphatic rings. The zero-order valence-electron chi connectivity index (χ0n) is 10.2. The number of hydrogen-bond acceptors (Lipinski definition) is 5. The van der Waals surface area contributed by atoms with E-state index in [-0.39, 0.29) is 5.69 Å². The first-order valence-electron chi connectivity index (χ1n) is 5.70. The molecule has 2 heterocycles. The molecule has 0 bridgehead atoms. The average molecular weight is 273 g/mol. The molecule has 0 aliphatic carbocycles. The Bertz CT molecular complexity index is 542. The van der Waals surface area contributed by atoms with Gasteiger partial charge in [-0.25, -0.2) is 17.8 Å².